The van der Waals surface area contributed by atoms with Crippen LogP contribution in [0.3, 0.4) is 0 Å². The van der Waals surface area contributed by atoms with Crippen LogP contribution in [0.5, 0.6) is 11.5 Å². The Morgan fingerprint density at radius 3 is 2.45 bits per heavy atom. The molecule has 1 aliphatic rings. The Morgan fingerprint density at radius 2 is 1.71 bits per heavy atom. The Labute approximate surface area is 185 Å². The van der Waals surface area contributed by atoms with Crippen LogP contribution in [0, 0.1) is 0 Å². The van der Waals surface area contributed by atoms with E-state index in [9.17, 15) is 13.2 Å². The van der Waals surface area contributed by atoms with Gasteiger partial charge in [-0.25, -0.2) is 8.42 Å². The van der Waals surface area contributed by atoms with Crippen molar-refractivity contribution >= 4 is 38.6 Å². The van der Waals surface area contributed by atoms with Crippen LogP contribution in [-0.4, -0.2) is 27.5 Å². The minimum Gasteiger partial charge on any atom is -0.486 e. The molecule has 0 spiro atoms. The van der Waals surface area contributed by atoms with Crippen LogP contribution >= 0.6 is 11.3 Å². The third-order valence-electron chi connectivity index (χ3n) is 4.65. The molecule has 162 valence electrons. The summed E-state index contributed by atoms with van der Waals surface area (Å²) in [5.74, 6) is 0.869. The Bertz CT molecular complexity index is 1140. The number of ether oxygens (including phenoxy) is 2. The normalized spacial score (nSPS) is 12.9. The molecule has 0 radical (unpaired) electrons. The predicted molar refractivity (Wildman–Crippen MR) is 121 cm³/mol. The van der Waals surface area contributed by atoms with E-state index in [1.165, 1.54) is 17.0 Å². The van der Waals surface area contributed by atoms with Gasteiger partial charge in [0.1, 0.15) is 13.2 Å². The van der Waals surface area contributed by atoms with E-state index in [2.05, 4.69) is 16.1 Å². The summed E-state index contributed by atoms with van der Waals surface area (Å²) in [6, 6.07) is 15.1. The van der Waals surface area contributed by atoms with Gasteiger partial charge < -0.3 is 14.8 Å². The minimum atomic E-state index is -3.79. The smallest absolute Gasteiger partial charge is 0.262 e. The van der Waals surface area contributed by atoms with E-state index in [1.54, 1.807) is 41.7 Å². The highest BCUT2D eigenvalue weighted by molar-refractivity contribution is 7.92. The molecular formula is C22H22N2O5S2. The highest BCUT2D eigenvalue weighted by Crippen LogP contribution is 2.32. The number of amides is 1. The molecule has 2 heterocycles. The summed E-state index contributed by atoms with van der Waals surface area (Å²) in [5, 5.41) is 4.86. The van der Waals surface area contributed by atoms with Crippen molar-refractivity contribution in [3.8, 4) is 11.5 Å². The number of benzene rings is 2. The molecule has 2 aromatic carbocycles. The van der Waals surface area contributed by atoms with Crippen molar-refractivity contribution in [1.82, 2.24) is 0 Å². The maximum atomic E-state index is 12.7. The van der Waals surface area contributed by atoms with Crippen LogP contribution in [0.25, 0.3) is 0 Å². The minimum absolute atomic E-state index is 0.0684. The highest BCUT2D eigenvalue weighted by atomic mass is 32.2. The van der Waals surface area contributed by atoms with Crippen LogP contribution in [0.1, 0.15) is 17.7 Å². The molecule has 3 aromatic rings. The van der Waals surface area contributed by atoms with E-state index in [0.29, 0.717) is 42.5 Å². The second-order valence-corrected chi connectivity index (χ2v) is 9.68. The standard InChI is InChI=1S/C22H22N2O5S2/c25-22(5-1-3-18-4-2-14-30-18)23-16-6-8-17(9-7-16)24-31(26,27)19-10-11-20-21(15-19)29-13-12-28-20/h2,4,6-11,14-15,24H,1,3,5,12-13H2,(H,23,25). The molecule has 0 aliphatic carbocycles. The van der Waals surface area contributed by atoms with Gasteiger partial charge in [0.15, 0.2) is 11.5 Å². The van der Waals surface area contributed by atoms with Crippen molar-refractivity contribution in [1.29, 1.82) is 0 Å². The molecule has 0 unspecified atom stereocenters. The summed E-state index contributed by atoms with van der Waals surface area (Å²) in [7, 11) is -3.79. The van der Waals surface area contributed by atoms with Crippen molar-refractivity contribution in [2.75, 3.05) is 23.3 Å². The van der Waals surface area contributed by atoms with E-state index in [0.717, 1.165) is 12.8 Å². The van der Waals surface area contributed by atoms with E-state index in [1.807, 2.05) is 11.4 Å². The summed E-state index contributed by atoms with van der Waals surface area (Å²) in [6.45, 7) is 0.819. The van der Waals surface area contributed by atoms with Gasteiger partial charge in [0, 0.05) is 28.7 Å². The second kappa shape index (κ2) is 9.40. The molecule has 0 saturated carbocycles. The second-order valence-electron chi connectivity index (χ2n) is 6.97. The molecule has 1 aliphatic heterocycles. The third kappa shape index (κ3) is 5.56. The number of rotatable bonds is 8. The Balaban J connectivity index is 1.33. The zero-order valence-electron chi connectivity index (χ0n) is 16.7. The van der Waals surface area contributed by atoms with E-state index < -0.39 is 10.0 Å². The van der Waals surface area contributed by atoms with Crippen LogP contribution in [0.15, 0.2) is 64.9 Å². The molecule has 1 amide bonds. The molecular weight excluding hydrogens is 436 g/mol. The molecule has 0 atom stereocenters. The van der Waals surface area contributed by atoms with Crippen LogP contribution in [-0.2, 0) is 21.2 Å². The summed E-state index contributed by atoms with van der Waals surface area (Å²) in [5.41, 5.74) is 1.01. The number of carbonyl (C=O) groups excluding carboxylic acids is 1. The fraction of sp³-hybridized carbons (Fsp3) is 0.227. The average Bonchev–Trinajstić information content (AvgIpc) is 3.28. The Morgan fingerprint density at radius 1 is 0.968 bits per heavy atom. The fourth-order valence-corrected chi connectivity index (χ4v) is 4.95. The highest BCUT2D eigenvalue weighted by Gasteiger charge is 2.19. The molecule has 2 N–H and O–H groups in total. The number of nitrogens with one attached hydrogen (secondary N) is 2. The number of fused-ring (bicyclic) bond motifs is 1. The number of hydrogen-bond acceptors (Lipinski definition) is 6. The Kier molecular flexibility index (Phi) is 6.43. The third-order valence-corrected chi connectivity index (χ3v) is 6.97. The zero-order chi connectivity index (χ0) is 21.7. The van der Waals surface area contributed by atoms with Gasteiger partial charge in [-0.15, -0.1) is 11.3 Å². The topological polar surface area (TPSA) is 93.7 Å². The first kappa shape index (κ1) is 21.2. The predicted octanol–water partition coefficient (Wildman–Crippen LogP) is 4.28. The molecule has 1 aromatic heterocycles. The summed E-state index contributed by atoms with van der Waals surface area (Å²) in [6.07, 6.45) is 2.09. The van der Waals surface area contributed by atoms with Gasteiger partial charge in [-0.05, 0) is 60.7 Å². The lowest BCUT2D eigenvalue weighted by molar-refractivity contribution is -0.116. The summed E-state index contributed by atoms with van der Waals surface area (Å²) < 4.78 is 38.8. The van der Waals surface area contributed by atoms with Gasteiger partial charge in [0.05, 0.1) is 4.90 Å². The van der Waals surface area contributed by atoms with Gasteiger partial charge in [-0.2, -0.15) is 0 Å². The molecule has 0 bridgehead atoms. The van der Waals surface area contributed by atoms with Gasteiger partial charge in [0.2, 0.25) is 5.91 Å². The van der Waals surface area contributed by atoms with Crippen molar-refractivity contribution in [2.24, 2.45) is 0 Å². The lowest BCUT2D eigenvalue weighted by atomic mass is 10.2. The fourth-order valence-electron chi connectivity index (χ4n) is 3.13. The van der Waals surface area contributed by atoms with Crippen molar-refractivity contribution in [2.45, 2.75) is 24.2 Å². The molecule has 31 heavy (non-hydrogen) atoms. The first-order valence-corrected chi connectivity index (χ1v) is 12.2. The number of anilines is 2. The quantitative estimate of drug-likeness (QED) is 0.525. The van der Waals surface area contributed by atoms with Crippen molar-refractivity contribution in [3.63, 3.8) is 0 Å². The number of thiophene rings is 1. The molecule has 9 heteroatoms. The Hall–Kier alpha value is -3.04. The largest absolute Gasteiger partial charge is 0.486 e. The van der Waals surface area contributed by atoms with Gasteiger partial charge in [0.25, 0.3) is 10.0 Å². The monoisotopic (exact) mass is 458 g/mol. The lowest BCUT2D eigenvalue weighted by Crippen LogP contribution is -2.17. The maximum Gasteiger partial charge on any atom is 0.262 e. The lowest BCUT2D eigenvalue weighted by Gasteiger charge is -2.19. The first-order chi connectivity index (χ1) is 15.0. The van der Waals surface area contributed by atoms with E-state index >= 15 is 0 Å². The van der Waals surface area contributed by atoms with E-state index in [4.69, 9.17) is 9.47 Å². The molecule has 0 saturated heterocycles. The number of hydrogen-bond donors (Lipinski definition) is 2. The van der Waals surface area contributed by atoms with Crippen LogP contribution in [0.2, 0.25) is 0 Å². The average molecular weight is 459 g/mol. The van der Waals surface area contributed by atoms with Gasteiger partial charge in [-0.1, -0.05) is 6.07 Å². The molecule has 4 rings (SSSR count). The van der Waals surface area contributed by atoms with Crippen molar-refractivity contribution in [3.05, 3.63) is 64.9 Å². The molecule has 7 nitrogen and oxygen atoms in total. The summed E-state index contributed by atoms with van der Waals surface area (Å²) >= 11 is 1.69. The van der Waals surface area contributed by atoms with Crippen LogP contribution in [0.4, 0.5) is 11.4 Å². The van der Waals surface area contributed by atoms with Crippen LogP contribution < -0.4 is 19.5 Å². The van der Waals surface area contributed by atoms with Crippen molar-refractivity contribution < 1.29 is 22.7 Å². The number of sulfonamides is 1. The first-order valence-electron chi connectivity index (χ1n) is 9.84. The maximum absolute atomic E-state index is 12.7. The SMILES string of the molecule is O=C(CCCc1cccs1)Nc1ccc(NS(=O)(=O)c2ccc3c(c2)OCCO3)cc1. The number of carbonyl (C=O) groups is 1. The molecule has 0 fully saturated rings. The summed E-state index contributed by atoms with van der Waals surface area (Å²) in [4.78, 5) is 13.5. The van der Waals surface area contributed by atoms with Gasteiger partial charge in [-0.3, -0.25) is 9.52 Å². The van der Waals surface area contributed by atoms with E-state index in [-0.39, 0.29) is 10.8 Å². The zero-order valence-corrected chi connectivity index (χ0v) is 18.3. The van der Waals surface area contributed by atoms with Gasteiger partial charge >= 0.3 is 0 Å². The number of aryl methyl sites for hydroxylation is 1.